The van der Waals surface area contributed by atoms with Gasteiger partial charge in [-0.15, -0.1) is 6.58 Å². The quantitative estimate of drug-likeness (QED) is 0.328. The van der Waals surface area contributed by atoms with Crippen LogP contribution in [0.25, 0.3) is 0 Å². The van der Waals surface area contributed by atoms with E-state index in [0.717, 1.165) is 5.92 Å². The molecule has 0 spiro atoms. The first-order valence-electron chi connectivity index (χ1n) is 4.53. The smallest absolute Gasteiger partial charge is 0.450 e. The lowest BCUT2D eigenvalue weighted by Crippen LogP contribution is -1.81. The first kappa shape index (κ1) is 30.3. The summed E-state index contributed by atoms with van der Waals surface area (Å²) in [5.41, 5.74) is 0. The van der Waals surface area contributed by atoms with Gasteiger partial charge in [-0.05, 0) is 5.92 Å². The summed E-state index contributed by atoms with van der Waals surface area (Å²) in [6.45, 7) is 9.72. The van der Waals surface area contributed by atoms with E-state index < -0.39 is 23.0 Å². The Bertz CT molecular complexity index is 257. The lowest BCUT2D eigenvalue weighted by molar-refractivity contribution is 0.135. The highest BCUT2D eigenvalue weighted by molar-refractivity contribution is 7.72. The van der Waals surface area contributed by atoms with Gasteiger partial charge in [0.05, 0.1) is 5.75 Å². The average molecular weight is 305 g/mol. The summed E-state index contributed by atoms with van der Waals surface area (Å²) in [6, 6.07) is 0. The van der Waals surface area contributed by atoms with Gasteiger partial charge in [-0.25, -0.2) is 18.0 Å². The number of rotatable bonds is 2. The van der Waals surface area contributed by atoms with Crippen molar-refractivity contribution in [2.75, 3.05) is 5.75 Å². The van der Waals surface area contributed by atoms with Crippen molar-refractivity contribution < 1.29 is 38.4 Å². The van der Waals surface area contributed by atoms with Crippen LogP contribution in [0, 0.1) is 5.92 Å². The third-order valence-corrected chi connectivity index (χ3v) is 0.835. The molecule has 118 valence electrons. The molecule has 9 nitrogen and oxygen atoms in total. The summed E-state index contributed by atoms with van der Waals surface area (Å²) in [6.07, 6.45) is -2.31. The summed E-state index contributed by atoms with van der Waals surface area (Å²) < 4.78 is 19.1. The third kappa shape index (κ3) is 2300. The molecule has 0 aliphatic carbocycles. The van der Waals surface area contributed by atoms with Gasteiger partial charge < -0.3 is 26.6 Å². The molecule has 0 rings (SSSR count). The monoisotopic (exact) mass is 305 g/mol. The molecule has 0 fully saturated rings. The Kier molecular flexibility index (Phi) is 40.1. The van der Waals surface area contributed by atoms with Gasteiger partial charge in [0.1, 0.15) is 10.7 Å². The molecule has 0 atom stereocenters. The highest BCUT2D eigenvalue weighted by atomic mass is 32.2. The van der Waals surface area contributed by atoms with Crippen LogP contribution in [0.3, 0.4) is 0 Å². The molecule has 0 aliphatic rings. The van der Waals surface area contributed by atoms with Crippen LogP contribution in [-0.2, 0) is 10.7 Å². The SMILES string of the molecule is C=CC[SH](=O)=O.CC(C)C.N.O=C(O)O.O=C(O)O. The fourth-order valence-electron chi connectivity index (χ4n) is 0.105. The first-order valence-corrected chi connectivity index (χ1v) is 5.90. The van der Waals surface area contributed by atoms with Crippen LogP contribution in [-0.4, -0.2) is 46.9 Å². The minimum Gasteiger partial charge on any atom is -0.450 e. The largest absolute Gasteiger partial charge is 0.503 e. The first-order chi connectivity index (χ1) is 7.97. The van der Waals surface area contributed by atoms with Gasteiger partial charge in [-0.2, -0.15) is 0 Å². The van der Waals surface area contributed by atoms with Gasteiger partial charge in [0.25, 0.3) is 0 Å². The third-order valence-electron chi connectivity index (χ3n) is 0.278. The highest BCUT2D eigenvalue weighted by Crippen LogP contribution is 1.81. The maximum absolute atomic E-state index is 9.57. The van der Waals surface area contributed by atoms with Gasteiger partial charge in [0.15, 0.2) is 0 Å². The zero-order chi connectivity index (χ0) is 15.7. The second-order valence-electron chi connectivity index (χ2n) is 3.10. The fourth-order valence-corrected chi connectivity index (χ4v) is 0.316. The normalized spacial score (nSPS) is 7.21. The van der Waals surface area contributed by atoms with Crippen molar-refractivity contribution in [1.82, 2.24) is 6.15 Å². The zero-order valence-electron chi connectivity index (χ0n) is 11.1. The maximum atomic E-state index is 9.57. The average Bonchev–Trinajstić information content (AvgIpc) is 1.98. The minimum absolute atomic E-state index is 0. The van der Waals surface area contributed by atoms with Crippen molar-refractivity contribution in [3.63, 3.8) is 0 Å². The van der Waals surface area contributed by atoms with E-state index in [2.05, 4.69) is 27.4 Å². The summed E-state index contributed by atoms with van der Waals surface area (Å²) in [5.74, 6) is 0.926. The number of hydrogen-bond acceptors (Lipinski definition) is 5. The van der Waals surface area contributed by atoms with Crippen LogP contribution in [0.4, 0.5) is 9.59 Å². The summed E-state index contributed by atoms with van der Waals surface area (Å²) in [5, 5.41) is 27.9. The molecule has 0 amide bonds. The Balaban J connectivity index is -0.0000000459. The molecule has 0 radical (unpaired) electrons. The number of hydrogen-bond donors (Lipinski definition) is 6. The molecule has 0 aromatic heterocycles. The van der Waals surface area contributed by atoms with Crippen LogP contribution < -0.4 is 6.15 Å². The molecule has 7 N–H and O–H groups in total. The van der Waals surface area contributed by atoms with Crippen molar-refractivity contribution in [2.24, 2.45) is 5.92 Å². The van der Waals surface area contributed by atoms with E-state index in [-0.39, 0.29) is 11.9 Å². The van der Waals surface area contributed by atoms with Crippen molar-refractivity contribution in [2.45, 2.75) is 20.8 Å². The van der Waals surface area contributed by atoms with Gasteiger partial charge in [0.2, 0.25) is 0 Å². The standard InChI is InChI=1S/C4H10.C3H6O2S.2CH2O3.H3N/c1-4(2)3;1-2-3-6(4)5;2*2-1(3)4;/h4H,1-3H3;2,6H,1,3H2;2*(H2,2,3,4);1H3. The van der Waals surface area contributed by atoms with Crippen LogP contribution in [0.1, 0.15) is 20.8 Å². The van der Waals surface area contributed by atoms with Crippen molar-refractivity contribution in [1.29, 1.82) is 0 Å². The van der Waals surface area contributed by atoms with Crippen LogP contribution in [0.5, 0.6) is 0 Å². The van der Waals surface area contributed by atoms with E-state index in [1.54, 1.807) is 0 Å². The van der Waals surface area contributed by atoms with Crippen LogP contribution in [0.15, 0.2) is 12.7 Å². The molecule has 0 aromatic carbocycles. The van der Waals surface area contributed by atoms with Gasteiger partial charge in [0, 0.05) is 0 Å². The second kappa shape index (κ2) is 25.1. The minimum atomic E-state index is -2.22. The number of carboxylic acid groups (broad SMARTS) is 4. The molecule has 0 unspecified atom stereocenters. The van der Waals surface area contributed by atoms with Crippen LogP contribution >= 0.6 is 0 Å². The van der Waals surface area contributed by atoms with Gasteiger partial charge in [-0.1, -0.05) is 26.8 Å². The maximum Gasteiger partial charge on any atom is 0.503 e. The van der Waals surface area contributed by atoms with E-state index in [1.807, 2.05) is 0 Å². The summed E-state index contributed by atoms with van der Waals surface area (Å²) >= 11 is 0. The summed E-state index contributed by atoms with van der Waals surface area (Å²) in [7, 11) is -2.22. The predicted octanol–water partition coefficient (Wildman–Crippen LogP) is 2.05. The molecule has 0 bridgehead atoms. The molecular weight excluding hydrogens is 282 g/mol. The lowest BCUT2D eigenvalue weighted by atomic mass is 10.3. The Morgan fingerprint density at radius 2 is 1.21 bits per heavy atom. The Morgan fingerprint density at radius 3 is 1.21 bits per heavy atom. The second-order valence-corrected chi connectivity index (χ2v) is 4.13. The number of carbonyl (C=O) groups is 2. The van der Waals surface area contributed by atoms with E-state index in [4.69, 9.17) is 30.0 Å². The van der Waals surface area contributed by atoms with E-state index in [0.29, 0.717) is 0 Å². The molecule has 0 aliphatic heterocycles. The van der Waals surface area contributed by atoms with E-state index in [9.17, 15) is 8.42 Å². The molecule has 0 heterocycles. The highest BCUT2D eigenvalue weighted by Gasteiger charge is 1.71. The van der Waals surface area contributed by atoms with Crippen molar-refractivity contribution in [3.8, 4) is 0 Å². The molecular formula is C9H23NO8S. The zero-order valence-corrected chi connectivity index (χ0v) is 12.0. The van der Waals surface area contributed by atoms with Crippen molar-refractivity contribution in [3.05, 3.63) is 12.7 Å². The van der Waals surface area contributed by atoms with Crippen molar-refractivity contribution >= 4 is 23.0 Å². The lowest BCUT2D eigenvalue weighted by Gasteiger charge is -1.79. The molecule has 0 aromatic rings. The fraction of sp³-hybridized carbons (Fsp3) is 0.556. The Labute approximate surface area is 113 Å². The number of thiol groups is 1. The molecule has 0 saturated heterocycles. The predicted molar refractivity (Wildman–Crippen MR) is 72.2 cm³/mol. The van der Waals surface area contributed by atoms with Crippen LogP contribution in [0.2, 0.25) is 0 Å². The Morgan fingerprint density at radius 1 is 1.05 bits per heavy atom. The Hall–Kier alpha value is -1.81. The summed E-state index contributed by atoms with van der Waals surface area (Å²) in [4.78, 5) is 17.1. The van der Waals surface area contributed by atoms with E-state index >= 15 is 0 Å². The molecule has 10 heteroatoms. The molecule has 19 heavy (non-hydrogen) atoms. The van der Waals surface area contributed by atoms with E-state index in [1.165, 1.54) is 6.08 Å². The van der Waals surface area contributed by atoms with Gasteiger partial charge >= 0.3 is 12.3 Å². The molecule has 0 saturated carbocycles. The van der Waals surface area contributed by atoms with Gasteiger partial charge in [-0.3, -0.25) is 0 Å². The topological polar surface area (TPSA) is 184 Å².